The third kappa shape index (κ3) is 5.37. The van der Waals surface area contributed by atoms with Gasteiger partial charge in [-0.15, -0.1) is 12.4 Å². The zero-order chi connectivity index (χ0) is 18.9. The van der Waals surface area contributed by atoms with E-state index in [1.54, 1.807) is 12.1 Å². The van der Waals surface area contributed by atoms with Crippen molar-refractivity contribution in [3.63, 3.8) is 0 Å². The Bertz CT molecular complexity index is 917. The first-order valence-electron chi connectivity index (χ1n) is 8.18. The molecule has 3 rings (SSSR count). The molecule has 0 bridgehead atoms. The topological polar surface area (TPSA) is 72.2 Å². The minimum Gasteiger partial charge on any atom is -0.399 e. The van der Waals surface area contributed by atoms with E-state index in [9.17, 15) is 21.6 Å². The van der Waals surface area contributed by atoms with Crippen molar-refractivity contribution >= 4 is 28.1 Å². The number of fused-ring (bicyclic) bond motifs is 1. The molecule has 2 aromatic rings. The molecule has 0 aromatic heterocycles. The third-order valence-corrected chi connectivity index (χ3v) is 5.77. The lowest BCUT2D eigenvalue weighted by atomic mass is 9.88. The van der Waals surface area contributed by atoms with Crippen molar-refractivity contribution in [2.24, 2.45) is 0 Å². The van der Waals surface area contributed by atoms with E-state index in [2.05, 4.69) is 4.72 Å². The highest BCUT2D eigenvalue weighted by atomic mass is 35.5. The van der Waals surface area contributed by atoms with Crippen LogP contribution in [0.2, 0.25) is 0 Å². The molecule has 9 heteroatoms. The van der Waals surface area contributed by atoms with Gasteiger partial charge in [0.2, 0.25) is 10.0 Å². The van der Waals surface area contributed by atoms with Gasteiger partial charge in [-0.05, 0) is 54.2 Å². The number of nitrogens with two attached hydrogens (primary N) is 1. The second-order valence-electron chi connectivity index (χ2n) is 6.48. The van der Waals surface area contributed by atoms with E-state index in [1.807, 2.05) is 6.07 Å². The first-order valence-corrected chi connectivity index (χ1v) is 9.84. The number of anilines is 1. The SMILES string of the molecule is Cl.Nc1ccc2c(c1)CCCC2NS(=O)(=O)Cc1cccc(C(F)(F)F)c1. The van der Waals surface area contributed by atoms with Crippen LogP contribution in [0.15, 0.2) is 42.5 Å². The van der Waals surface area contributed by atoms with E-state index in [1.165, 1.54) is 12.1 Å². The van der Waals surface area contributed by atoms with Crippen LogP contribution < -0.4 is 10.5 Å². The zero-order valence-electron chi connectivity index (χ0n) is 14.3. The van der Waals surface area contributed by atoms with Gasteiger partial charge in [0.1, 0.15) is 0 Å². The van der Waals surface area contributed by atoms with Gasteiger partial charge in [-0.3, -0.25) is 0 Å². The number of sulfonamides is 1. The number of rotatable bonds is 4. The smallest absolute Gasteiger partial charge is 0.399 e. The van der Waals surface area contributed by atoms with Gasteiger partial charge in [0.15, 0.2) is 0 Å². The summed E-state index contributed by atoms with van der Waals surface area (Å²) in [4.78, 5) is 0. The largest absolute Gasteiger partial charge is 0.416 e. The molecule has 2 aromatic carbocycles. The second-order valence-corrected chi connectivity index (χ2v) is 8.23. The molecule has 1 aliphatic carbocycles. The Labute approximate surface area is 162 Å². The van der Waals surface area contributed by atoms with Crippen LogP contribution in [0.1, 0.15) is 41.1 Å². The minimum absolute atomic E-state index is 0. The fraction of sp³-hybridized carbons (Fsp3) is 0.333. The van der Waals surface area contributed by atoms with Gasteiger partial charge in [-0.2, -0.15) is 13.2 Å². The first-order chi connectivity index (χ1) is 12.1. The van der Waals surface area contributed by atoms with Crippen LogP contribution in [0.4, 0.5) is 18.9 Å². The van der Waals surface area contributed by atoms with E-state index in [-0.39, 0.29) is 18.0 Å². The van der Waals surface area contributed by atoms with Crippen molar-refractivity contribution in [1.82, 2.24) is 4.72 Å². The Kier molecular flexibility index (Phi) is 6.44. The molecule has 0 saturated carbocycles. The summed E-state index contributed by atoms with van der Waals surface area (Å²) in [6, 6.07) is 9.36. The van der Waals surface area contributed by atoms with Crippen LogP contribution in [0.25, 0.3) is 0 Å². The number of nitrogens with one attached hydrogen (secondary N) is 1. The lowest BCUT2D eigenvalue weighted by Crippen LogP contribution is -2.32. The lowest BCUT2D eigenvalue weighted by molar-refractivity contribution is -0.137. The minimum atomic E-state index is -4.50. The van der Waals surface area contributed by atoms with Crippen LogP contribution in [0, 0.1) is 0 Å². The zero-order valence-corrected chi connectivity index (χ0v) is 15.9. The molecule has 0 spiro atoms. The van der Waals surface area contributed by atoms with Gasteiger partial charge >= 0.3 is 6.18 Å². The number of aryl methyl sites for hydroxylation is 1. The summed E-state index contributed by atoms with van der Waals surface area (Å²) in [5, 5.41) is 0. The van der Waals surface area contributed by atoms with Crippen LogP contribution in [0.3, 0.4) is 0 Å². The summed E-state index contributed by atoms with van der Waals surface area (Å²) in [5.74, 6) is -0.502. The quantitative estimate of drug-likeness (QED) is 0.728. The van der Waals surface area contributed by atoms with Gasteiger partial charge in [-0.25, -0.2) is 13.1 Å². The molecule has 1 unspecified atom stereocenters. The lowest BCUT2D eigenvalue weighted by Gasteiger charge is -2.26. The highest BCUT2D eigenvalue weighted by Crippen LogP contribution is 2.32. The fourth-order valence-corrected chi connectivity index (χ4v) is 4.65. The predicted octanol–water partition coefficient (Wildman–Crippen LogP) is 4.21. The molecular weight excluding hydrogens is 401 g/mol. The van der Waals surface area contributed by atoms with Crippen molar-refractivity contribution in [3.8, 4) is 0 Å². The Hall–Kier alpha value is -1.77. The Morgan fingerprint density at radius 1 is 1.15 bits per heavy atom. The van der Waals surface area contributed by atoms with Crippen molar-refractivity contribution in [1.29, 1.82) is 0 Å². The van der Waals surface area contributed by atoms with Crippen LogP contribution in [-0.2, 0) is 28.4 Å². The molecule has 148 valence electrons. The fourth-order valence-electron chi connectivity index (χ4n) is 3.27. The molecule has 0 radical (unpaired) electrons. The first kappa shape index (κ1) is 21.5. The number of alkyl halides is 3. The molecule has 0 saturated heterocycles. The highest BCUT2D eigenvalue weighted by Gasteiger charge is 2.31. The second kappa shape index (κ2) is 8.08. The van der Waals surface area contributed by atoms with E-state index in [0.29, 0.717) is 12.1 Å². The summed E-state index contributed by atoms with van der Waals surface area (Å²) in [7, 11) is -3.80. The van der Waals surface area contributed by atoms with E-state index >= 15 is 0 Å². The molecule has 0 fully saturated rings. The molecule has 0 heterocycles. The number of benzene rings is 2. The van der Waals surface area contributed by atoms with Gasteiger partial charge in [0.05, 0.1) is 11.3 Å². The maximum atomic E-state index is 12.8. The van der Waals surface area contributed by atoms with Gasteiger partial charge in [0, 0.05) is 11.7 Å². The highest BCUT2D eigenvalue weighted by molar-refractivity contribution is 7.88. The van der Waals surface area contributed by atoms with E-state index in [4.69, 9.17) is 5.73 Å². The van der Waals surface area contributed by atoms with Crippen molar-refractivity contribution in [2.75, 3.05) is 5.73 Å². The summed E-state index contributed by atoms with van der Waals surface area (Å²) < 4.78 is 66.0. The van der Waals surface area contributed by atoms with Gasteiger partial charge in [0.25, 0.3) is 0 Å². The average molecular weight is 421 g/mol. The summed E-state index contributed by atoms with van der Waals surface area (Å²) >= 11 is 0. The third-order valence-electron chi connectivity index (χ3n) is 4.41. The van der Waals surface area contributed by atoms with Gasteiger partial charge < -0.3 is 5.73 Å². The molecule has 3 N–H and O–H groups in total. The number of hydrogen-bond acceptors (Lipinski definition) is 3. The Balaban J connectivity index is 0.00000261. The molecular formula is C18H20ClF3N2O2S. The van der Waals surface area contributed by atoms with Crippen molar-refractivity contribution < 1.29 is 21.6 Å². The van der Waals surface area contributed by atoms with Crippen LogP contribution in [0.5, 0.6) is 0 Å². The van der Waals surface area contributed by atoms with Gasteiger partial charge in [-0.1, -0.05) is 24.3 Å². The normalized spacial score (nSPS) is 17.1. The summed E-state index contributed by atoms with van der Waals surface area (Å²) in [5.41, 5.74) is 7.51. The monoisotopic (exact) mass is 420 g/mol. The standard InChI is InChI=1S/C18H19F3N2O2S.ClH/c19-18(20,21)14-5-1-3-12(9-14)11-26(24,25)23-17-6-2-4-13-10-15(22)7-8-16(13)17;/h1,3,5,7-10,17,23H,2,4,6,11,22H2;1H. The van der Waals surface area contributed by atoms with E-state index < -0.39 is 33.6 Å². The maximum absolute atomic E-state index is 12.8. The molecule has 1 atom stereocenters. The maximum Gasteiger partial charge on any atom is 0.416 e. The predicted molar refractivity (Wildman–Crippen MR) is 101 cm³/mol. The molecule has 1 aliphatic rings. The Morgan fingerprint density at radius 2 is 1.89 bits per heavy atom. The number of hydrogen-bond donors (Lipinski definition) is 2. The molecule has 0 amide bonds. The van der Waals surface area contributed by atoms with E-state index in [0.717, 1.165) is 36.1 Å². The van der Waals surface area contributed by atoms with Crippen LogP contribution in [-0.4, -0.2) is 8.42 Å². The summed E-state index contributed by atoms with van der Waals surface area (Å²) in [6.07, 6.45) is -2.23. The Morgan fingerprint density at radius 3 is 2.59 bits per heavy atom. The van der Waals surface area contributed by atoms with Crippen molar-refractivity contribution in [2.45, 2.75) is 37.2 Å². The molecule has 27 heavy (non-hydrogen) atoms. The average Bonchev–Trinajstić information content (AvgIpc) is 2.53. The number of halogens is 4. The molecule has 4 nitrogen and oxygen atoms in total. The number of nitrogen functional groups attached to an aromatic ring is 1. The van der Waals surface area contributed by atoms with Crippen molar-refractivity contribution in [3.05, 3.63) is 64.7 Å². The van der Waals surface area contributed by atoms with Crippen LogP contribution >= 0.6 is 12.4 Å². The molecule has 0 aliphatic heterocycles. The summed E-state index contributed by atoms with van der Waals surface area (Å²) in [6.45, 7) is 0.